The summed E-state index contributed by atoms with van der Waals surface area (Å²) in [5.41, 5.74) is 1.90. The van der Waals surface area contributed by atoms with Gasteiger partial charge in [-0.05, 0) is 26.2 Å². The van der Waals surface area contributed by atoms with Gasteiger partial charge in [0, 0.05) is 11.1 Å². The van der Waals surface area contributed by atoms with Crippen molar-refractivity contribution >= 4 is 22.4 Å². The van der Waals surface area contributed by atoms with Gasteiger partial charge in [0.15, 0.2) is 5.13 Å². The lowest BCUT2D eigenvalue weighted by atomic mass is 9.91. The van der Waals surface area contributed by atoms with Crippen LogP contribution in [0.25, 0.3) is 0 Å². The minimum atomic E-state index is -0.201. The van der Waals surface area contributed by atoms with E-state index in [9.17, 15) is 4.79 Å². The molecule has 0 saturated carbocycles. The molecular weight excluding hydrogens is 288 g/mol. The Kier molecular flexibility index (Phi) is 4.19. The van der Waals surface area contributed by atoms with Crippen molar-refractivity contribution in [2.24, 2.45) is 0 Å². The quantitative estimate of drug-likeness (QED) is 0.830. The zero-order chi connectivity index (χ0) is 14.7. The number of H-pyrrole nitrogens is 1. The van der Waals surface area contributed by atoms with E-state index in [1.807, 2.05) is 6.92 Å². The molecule has 6 nitrogen and oxygen atoms in total. The molecule has 1 aliphatic carbocycles. The van der Waals surface area contributed by atoms with Gasteiger partial charge in [-0.3, -0.25) is 4.79 Å². The van der Waals surface area contributed by atoms with Crippen LogP contribution >= 0.6 is 11.3 Å². The number of nitrogens with zero attached hydrogens (tertiary/aromatic N) is 2. The van der Waals surface area contributed by atoms with Gasteiger partial charge in [-0.25, -0.2) is 9.97 Å². The van der Waals surface area contributed by atoms with Crippen molar-refractivity contribution in [1.29, 1.82) is 0 Å². The van der Waals surface area contributed by atoms with Crippen molar-refractivity contribution in [2.75, 3.05) is 11.9 Å². The molecule has 1 aliphatic rings. The van der Waals surface area contributed by atoms with Crippen LogP contribution in [0.4, 0.5) is 5.13 Å². The summed E-state index contributed by atoms with van der Waals surface area (Å²) < 4.78 is 5.16. The van der Waals surface area contributed by atoms with E-state index in [1.54, 1.807) is 23.9 Å². The molecule has 112 valence electrons. The van der Waals surface area contributed by atoms with Gasteiger partial charge >= 0.3 is 5.97 Å². The lowest BCUT2D eigenvalue weighted by molar-refractivity contribution is -0.145. The summed E-state index contributed by atoms with van der Waals surface area (Å²) in [5, 5.41) is 4.13. The highest BCUT2D eigenvalue weighted by Gasteiger charge is 2.31. The van der Waals surface area contributed by atoms with E-state index in [4.69, 9.17) is 4.74 Å². The van der Waals surface area contributed by atoms with Gasteiger partial charge in [-0.1, -0.05) is 0 Å². The Labute approximate surface area is 127 Å². The highest BCUT2D eigenvalue weighted by Crippen LogP contribution is 2.37. The van der Waals surface area contributed by atoms with Crippen LogP contribution < -0.4 is 5.32 Å². The molecular formula is C14H18N4O2S. The summed E-state index contributed by atoms with van der Waals surface area (Å²) in [6.07, 6.45) is 6.27. The Morgan fingerprint density at radius 3 is 3.29 bits per heavy atom. The first-order valence-electron chi connectivity index (χ1n) is 7.15. The molecule has 0 saturated heterocycles. The molecule has 2 aromatic rings. The van der Waals surface area contributed by atoms with E-state index in [0.29, 0.717) is 13.2 Å². The van der Waals surface area contributed by atoms with Crippen LogP contribution in [-0.4, -0.2) is 27.5 Å². The fraction of sp³-hybridized carbons (Fsp3) is 0.500. The highest BCUT2D eigenvalue weighted by molar-refractivity contribution is 7.15. The second-order valence-corrected chi connectivity index (χ2v) is 6.04. The highest BCUT2D eigenvalue weighted by atomic mass is 32.1. The minimum absolute atomic E-state index is 0.149. The van der Waals surface area contributed by atoms with Crippen LogP contribution in [0.1, 0.15) is 41.9 Å². The summed E-state index contributed by atoms with van der Waals surface area (Å²) in [4.78, 5) is 24.9. The number of nitrogens with one attached hydrogen (secondary N) is 2. The molecule has 0 aliphatic heterocycles. The smallest absolute Gasteiger partial charge is 0.315 e. The van der Waals surface area contributed by atoms with E-state index in [-0.39, 0.29) is 11.9 Å². The molecule has 1 atom stereocenters. The van der Waals surface area contributed by atoms with Gasteiger partial charge in [-0.2, -0.15) is 0 Å². The number of aromatic nitrogens is 3. The third-order valence-corrected chi connectivity index (χ3v) is 4.60. The van der Waals surface area contributed by atoms with Crippen LogP contribution in [0.15, 0.2) is 12.5 Å². The standard InChI is InChI=1S/C14H18N4O2S/c1-2-20-13(19)10-4-3-5-11-12(10)18-14(21-11)16-7-9-6-15-8-17-9/h6,8,10H,2-5,7H2,1H3,(H,15,17)(H,16,18). The molecule has 0 bridgehead atoms. The second kappa shape index (κ2) is 6.26. The SMILES string of the molecule is CCOC(=O)C1CCCc2sc(NCc3cnc[nH]3)nc21. The Balaban J connectivity index is 1.73. The molecule has 0 aromatic carbocycles. The lowest BCUT2D eigenvalue weighted by Crippen LogP contribution is -2.20. The first kappa shape index (κ1) is 14.1. The molecule has 0 spiro atoms. The fourth-order valence-electron chi connectivity index (χ4n) is 2.52. The zero-order valence-corrected chi connectivity index (χ0v) is 12.7. The number of fused-ring (bicyclic) bond motifs is 1. The van der Waals surface area contributed by atoms with Gasteiger partial charge in [0.2, 0.25) is 0 Å². The summed E-state index contributed by atoms with van der Waals surface area (Å²) in [6, 6.07) is 0. The number of carbonyl (C=O) groups excluding carboxylic acids is 1. The lowest BCUT2D eigenvalue weighted by Gasteiger charge is -2.19. The van der Waals surface area contributed by atoms with Gasteiger partial charge in [0.25, 0.3) is 0 Å². The molecule has 2 heterocycles. The van der Waals surface area contributed by atoms with Crippen LogP contribution in [-0.2, 0) is 22.5 Å². The number of esters is 1. The average Bonchev–Trinajstić information content (AvgIpc) is 3.13. The number of anilines is 1. The molecule has 3 rings (SSSR count). The van der Waals surface area contributed by atoms with Gasteiger partial charge in [0.05, 0.1) is 30.9 Å². The van der Waals surface area contributed by atoms with E-state index in [0.717, 1.165) is 35.8 Å². The van der Waals surface area contributed by atoms with Gasteiger partial charge in [-0.15, -0.1) is 11.3 Å². The van der Waals surface area contributed by atoms with Crippen LogP contribution in [0, 0.1) is 0 Å². The summed E-state index contributed by atoms with van der Waals surface area (Å²) in [6.45, 7) is 2.90. The maximum absolute atomic E-state index is 12.0. The van der Waals surface area contributed by atoms with Crippen molar-refractivity contribution < 1.29 is 9.53 Å². The Hall–Kier alpha value is -1.89. The molecule has 0 radical (unpaired) electrons. The van der Waals surface area contributed by atoms with Crippen molar-refractivity contribution in [3.63, 3.8) is 0 Å². The summed E-state index contributed by atoms with van der Waals surface area (Å²) in [5.74, 6) is -0.350. The van der Waals surface area contributed by atoms with Crippen molar-refractivity contribution in [3.8, 4) is 0 Å². The predicted molar refractivity (Wildman–Crippen MR) is 80.3 cm³/mol. The molecule has 2 aromatic heterocycles. The first-order chi connectivity index (χ1) is 10.3. The van der Waals surface area contributed by atoms with Crippen LogP contribution in [0.3, 0.4) is 0 Å². The average molecular weight is 306 g/mol. The number of imidazole rings is 1. The number of thiazole rings is 1. The number of hydrogen-bond donors (Lipinski definition) is 2. The van der Waals surface area contributed by atoms with E-state index in [2.05, 4.69) is 20.3 Å². The Bertz CT molecular complexity index is 609. The van der Waals surface area contributed by atoms with Gasteiger partial charge in [0.1, 0.15) is 5.92 Å². The van der Waals surface area contributed by atoms with Crippen molar-refractivity contribution in [1.82, 2.24) is 15.0 Å². The third kappa shape index (κ3) is 3.07. The van der Waals surface area contributed by atoms with Gasteiger partial charge < -0.3 is 15.0 Å². The number of ether oxygens (including phenoxy) is 1. The number of rotatable bonds is 5. The molecule has 2 N–H and O–H groups in total. The molecule has 0 fully saturated rings. The summed E-state index contributed by atoms with van der Waals surface area (Å²) >= 11 is 1.63. The predicted octanol–water partition coefficient (Wildman–Crippen LogP) is 2.46. The largest absolute Gasteiger partial charge is 0.465 e. The number of aromatic amines is 1. The number of aryl methyl sites for hydroxylation is 1. The normalized spacial score (nSPS) is 17.3. The molecule has 21 heavy (non-hydrogen) atoms. The first-order valence-corrected chi connectivity index (χ1v) is 7.97. The topological polar surface area (TPSA) is 79.9 Å². The number of carbonyl (C=O) groups is 1. The number of hydrogen-bond acceptors (Lipinski definition) is 6. The summed E-state index contributed by atoms with van der Waals surface area (Å²) in [7, 11) is 0. The monoisotopic (exact) mass is 306 g/mol. The maximum atomic E-state index is 12.0. The molecule has 1 unspecified atom stereocenters. The van der Waals surface area contributed by atoms with Crippen molar-refractivity contribution in [3.05, 3.63) is 28.8 Å². The van der Waals surface area contributed by atoms with E-state index >= 15 is 0 Å². The van der Waals surface area contributed by atoms with E-state index in [1.165, 1.54) is 4.88 Å². The minimum Gasteiger partial charge on any atom is -0.465 e. The van der Waals surface area contributed by atoms with Crippen LogP contribution in [0.5, 0.6) is 0 Å². The molecule has 0 amide bonds. The Morgan fingerprint density at radius 2 is 2.52 bits per heavy atom. The maximum Gasteiger partial charge on any atom is 0.315 e. The molecule has 7 heteroatoms. The second-order valence-electron chi connectivity index (χ2n) is 4.95. The fourth-order valence-corrected chi connectivity index (χ4v) is 3.58. The zero-order valence-electron chi connectivity index (χ0n) is 11.9. The van der Waals surface area contributed by atoms with Crippen molar-refractivity contribution in [2.45, 2.75) is 38.6 Å². The van der Waals surface area contributed by atoms with E-state index < -0.39 is 0 Å². The van der Waals surface area contributed by atoms with Crippen LogP contribution in [0.2, 0.25) is 0 Å². The Morgan fingerprint density at radius 1 is 1.62 bits per heavy atom. The third-order valence-electron chi connectivity index (χ3n) is 3.51.